The first-order valence-electron chi connectivity index (χ1n) is 6.74. The van der Waals surface area contributed by atoms with Crippen molar-refractivity contribution in [2.24, 2.45) is 0 Å². The molecule has 104 valence electrons. The van der Waals surface area contributed by atoms with Gasteiger partial charge in [-0.2, -0.15) is 0 Å². The van der Waals surface area contributed by atoms with Crippen LogP contribution in [-0.4, -0.2) is 35.6 Å². The summed E-state index contributed by atoms with van der Waals surface area (Å²) in [5, 5.41) is 3.35. The average Bonchev–Trinajstić information content (AvgIpc) is 2.78. The molecule has 1 heterocycles. The molecule has 0 saturated heterocycles. The summed E-state index contributed by atoms with van der Waals surface area (Å²) < 4.78 is 13.1. The first-order chi connectivity index (χ1) is 8.81. The summed E-state index contributed by atoms with van der Waals surface area (Å²) in [6.45, 7) is 9.94. The molecule has 0 unspecified atom stereocenters. The van der Waals surface area contributed by atoms with Crippen molar-refractivity contribution in [2.45, 2.75) is 46.6 Å². The third-order valence-electron chi connectivity index (χ3n) is 2.59. The monoisotopic (exact) mass is 255 g/mol. The molecule has 1 aromatic rings. The topological polar surface area (TPSA) is 48.3 Å². The van der Waals surface area contributed by atoms with Crippen molar-refractivity contribution in [3.63, 3.8) is 0 Å². The van der Waals surface area contributed by atoms with E-state index in [2.05, 4.69) is 21.8 Å². The molecule has 0 spiro atoms. The lowest BCUT2D eigenvalue weighted by Crippen LogP contribution is -2.31. The Bertz CT molecular complexity index is 309. The minimum Gasteiger partial charge on any atom is -0.352 e. The van der Waals surface area contributed by atoms with Crippen LogP contribution in [-0.2, 0) is 22.6 Å². The summed E-state index contributed by atoms with van der Waals surface area (Å²) in [5.74, 6) is 0. The number of nitrogens with one attached hydrogen (secondary N) is 1. The van der Waals surface area contributed by atoms with Crippen LogP contribution >= 0.6 is 0 Å². The van der Waals surface area contributed by atoms with Gasteiger partial charge in [0, 0.05) is 39.0 Å². The van der Waals surface area contributed by atoms with Crippen molar-refractivity contribution in [3.8, 4) is 0 Å². The molecule has 0 aliphatic heterocycles. The lowest BCUT2D eigenvalue weighted by atomic mass is 10.4. The van der Waals surface area contributed by atoms with E-state index >= 15 is 0 Å². The second-order valence-corrected chi connectivity index (χ2v) is 4.05. The molecule has 0 aromatic carbocycles. The van der Waals surface area contributed by atoms with Gasteiger partial charge in [-0.1, -0.05) is 6.92 Å². The zero-order valence-electron chi connectivity index (χ0n) is 11.7. The van der Waals surface area contributed by atoms with Gasteiger partial charge in [0.25, 0.3) is 0 Å². The molecule has 0 bridgehead atoms. The molecule has 18 heavy (non-hydrogen) atoms. The van der Waals surface area contributed by atoms with E-state index in [1.54, 1.807) is 0 Å². The molecule has 0 amide bonds. The number of rotatable bonds is 10. The summed E-state index contributed by atoms with van der Waals surface area (Å²) >= 11 is 0. The van der Waals surface area contributed by atoms with Crippen LogP contribution in [0.1, 0.15) is 32.9 Å². The molecule has 0 atom stereocenters. The summed E-state index contributed by atoms with van der Waals surface area (Å²) in [6, 6.07) is 0. The van der Waals surface area contributed by atoms with E-state index in [4.69, 9.17) is 9.47 Å². The van der Waals surface area contributed by atoms with Crippen LogP contribution in [0.2, 0.25) is 0 Å². The second kappa shape index (κ2) is 9.08. The largest absolute Gasteiger partial charge is 0.352 e. The number of hydrogen-bond acceptors (Lipinski definition) is 4. The van der Waals surface area contributed by atoms with Crippen LogP contribution in [0.4, 0.5) is 0 Å². The first kappa shape index (κ1) is 15.1. The standard InChI is InChI=1S/C13H25N3O2/c1-4-7-16-11-15-9-12(16)8-14-10-13(17-5-2)18-6-3/h9,11,13-14H,4-8,10H2,1-3H3. The van der Waals surface area contributed by atoms with E-state index < -0.39 is 0 Å². The van der Waals surface area contributed by atoms with Gasteiger partial charge in [0.2, 0.25) is 0 Å². The fraction of sp³-hybridized carbons (Fsp3) is 0.769. The zero-order valence-corrected chi connectivity index (χ0v) is 11.7. The van der Waals surface area contributed by atoms with E-state index in [-0.39, 0.29) is 6.29 Å². The van der Waals surface area contributed by atoms with Crippen LogP contribution in [0.25, 0.3) is 0 Å². The quantitative estimate of drug-likeness (QED) is 0.647. The van der Waals surface area contributed by atoms with Crippen molar-refractivity contribution in [2.75, 3.05) is 19.8 Å². The lowest BCUT2D eigenvalue weighted by molar-refractivity contribution is -0.133. The first-order valence-corrected chi connectivity index (χ1v) is 6.74. The van der Waals surface area contributed by atoms with Crippen LogP contribution in [0, 0.1) is 0 Å². The number of hydrogen-bond donors (Lipinski definition) is 1. The molecule has 0 aliphatic carbocycles. The second-order valence-electron chi connectivity index (χ2n) is 4.05. The molecule has 0 saturated carbocycles. The summed E-state index contributed by atoms with van der Waals surface area (Å²) in [6.07, 6.45) is 4.73. The molecule has 0 radical (unpaired) electrons. The summed E-state index contributed by atoms with van der Waals surface area (Å²) in [7, 11) is 0. The molecule has 5 nitrogen and oxygen atoms in total. The van der Waals surface area contributed by atoms with Crippen LogP contribution in [0.3, 0.4) is 0 Å². The van der Waals surface area contributed by atoms with E-state index in [1.807, 2.05) is 26.4 Å². The smallest absolute Gasteiger partial charge is 0.169 e. The van der Waals surface area contributed by atoms with Gasteiger partial charge in [-0.25, -0.2) is 4.98 Å². The van der Waals surface area contributed by atoms with Gasteiger partial charge in [0.15, 0.2) is 6.29 Å². The maximum atomic E-state index is 5.47. The molecular formula is C13H25N3O2. The number of ether oxygens (including phenoxy) is 2. The Balaban J connectivity index is 2.32. The van der Waals surface area contributed by atoms with Crippen molar-refractivity contribution in [1.29, 1.82) is 0 Å². The normalized spacial score (nSPS) is 11.3. The number of nitrogens with zero attached hydrogens (tertiary/aromatic N) is 2. The highest BCUT2D eigenvalue weighted by molar-refractivity contribution is 4.97. The van der Waals surface area contributed by atoms with E-state index in [0.717, 1.165) is 19.5 Å². The summed E-state index contributed by atoms with van der Waals surface area (Å²) in [4.78, 5) is 4.17. The van der Waals surface area contributed by atoms with Gasteiger partial charge in [-0.15, -0.1) is 0 Å². The minimum atomic E-state index is -0.164. The predicted octanol–water partition coefficient (Wildman–Crippen LogP) is 1.78. The fourth-order valence-corrected chi connectivity index (χ4v) is 1.79. The molecule has 1 aromatic heterocycles. The highest BCUT2D eigenvalue weighted by Crippen LogP contribution is 2.01. The highest BCUT2D eigenvalue weighted by atomic mass is 16.7. The van der Waals surface area contributed by atoms with Gasteiger partial charge in [0.1, 0.15) is 0 Å². The van der Waals surface area contributed by atoms with Crippen LogP contribution < -0.4 is 5.32 Å². The number of imidazole rings is 1. The van der Waals surface area contributed by atoms with Crippen molar-refractivity contribution in [3.05, 3.63) is 18.2 Å². The van der Waals surface area contributed by atoms with Crippen LogP contribution in [0.15, 0.2) is 12.5 Å². The van der Waals surface area contributed by atoms with Gasteiger partial charge in [-0.3, -0.25) is 0 Å². The van der Waals surface area contributed by atoms with E-state index in [0.29, 0.717) is 19.8 Å². The van der Waals surface area contributed by atoms with Crippen molar-refractivity contribution in [1.82, 2.24) is 14.9 Å². The van der Waals surface area contributed by atoms with Gasteiger partial charge >= 0.3 is 0 Å². The number of aryl methyl sites for hydroxylation is 1. The van der Waals surface area contributed by atoms with Crippen LogP contribution in [0.5, 0.6) is 0 Å². The average molecular weight is 255 g/mol. The Morgan fingerprint density at radius 3 is 2.61 bits per heavy atom. The fourth-order valence-electron chi connectivity index (χ4n) is 1.79. The Morgan fingerprint density at radius 2 is 2.00 bits per heavy atom. The summed E-state index contributed by atoms with van der Waals surface area (Å²) in [5.41, 5.74) is 1.20. The van der Waals surface area contributed by atoms with Gasteiger partial charge in [0.05, 0.1) is 12.0 Å². The van der Waals surface area contributed by atoms with Crippen molar-refractivity contribution < 1.29 is 9.47 Å². The lowest BCUT2D eigenvalue weighted by Gasteiger charge is -2.17. The molecule has 1 N–H and O–H groups in total. The maximum absolute atomic E-state index is 5.47. The molecule has 0 aliphatic rings. The Morgan fingerprint density at radius 1 is 1.28 bits per heavy atom. The van der Waals surface area contributed by atoms with Crippen molar-refractivity contribution >= 4 is 0 Å². The maximum Gasteiger partial charge on any atom is 0.169 e. The minimum absolute atomic E-state index is 0.164. The molecule has 1 rings (SSSR count). The third-order valence-corrected chi connectivity index (χ3v) is 2.59. The SMILES string of the molecule is CCCn1cncc1CNCC(OCC)OCC. The third kappa shape index (κ3) is 5.16. The Kier molecular flexibility index (Phi) is 7.64. The Hall–Kier alpha value is -0.910. The predicted molar refractivity (Wildman–Crippen MR) is 71.3 cm³/mol. The molecule has 0 fully saturated rings. The van der Waals surface area contributed by atoms with Gasteiger partial charge < -0.3 is 19.4 Å². The van der Waals surface area contributed by atoms with E-state index in [9.17, 15) is 0 Å². The number of aromatic nitrogens is 2. The highest BCUT2D eigenvalue weighted by Gasteiger charge is 2.08. The zero-order chi connectivity index (χ0) is 13.2. The van der Waals surface area contributed by atoms with E-state index in [1.165, 1.54) is 5.69 Å². The molecular weight excluding hydrogens is 230 g/mol. The molecule has 5 heteroatoms. The Labute approximate surface area is 109 Å². The van der Waals surface area contributed by atoms with Gasteiger partial charge in [-0.05, 0) is 20.3 Å².